The SMILES string of the molecule is CC(C)Oc1ncccc1CNCCCC(=O)N(C)C. The second-order valence-corrected chi connectivity index (χ2v) is 5.20. The number of nitrogens with zero attached hydrogens (tertiary/aromatic N) is 2. The highest BCUT2D eigenvalue weighted by molar-refractivity contribution is 5.75. The van der Waals surface area contributed by atoms with E-state index in [2.05, 4.69) is 10.3 Å². The Bertz CT molecular complexity index is 419. The molecular weight excluding hydrogens is 254 g/mol. The van der Waals surface area contributed by atoms with E-state index in [-0.39, 0.29) is 12.0 Å². The fraction of sp³-hybridized carbons (Fsp3) is 0.600. The molecule has 0 aliphatic heterocycles. The van der Waals surface area contributed by atoms with Crippen molar-refractivity contribution in [1.29, 1.82) is 0 Å². The number of rotatable bonds is 8. The van der Waals surface area contributed by atoms with Crippen LogP contribution >= 0.6 is 0 Å². The first-order valence-electron chi connectivity index (χ1n) is 7.02. The van der Waals surface area contributed by atoms with Gasteiger partial charge in [0.2, 0.25) is 11.8 Å². The third kappa shape index (κ3) is 6.02. The monoisotopic (exact) mass is 279 g/mol. The predicted molar refractivity (Wildman–Crippen MR) is 79.6 cm³/mol. The van der Waals surface area contributed by atoms with Gasteiger partial charge in [0.1, 0.15) is 0 Å². The Hall–Kier alpha value is -1.62. The Labute approximate surface area is 121 Å². The summed E-state index contributed by atoms with van der Waals surface area (Å²) in [5, 5.41) is 3.32. The largest absolute Gasteiger partial charge is 0.475 e. The molecule has 1 heterocycles. The summed E-state index contributed by atoms with van der Waals surface area (Å²) in [6.45, 7) is 5.47. The molecule has 5 nitrogen and oxygen atoms in total. The third-order valence-corrected chi connectivity index (χ3v) is 2.76. The topological polar surface area (TPSA) is 54.5 Å². The Kier molecular flexibility index (Phi) is 7.01. The number of nitrogens with one attached hydrogen (secondary N) is 1. The van der Waals surface area contributed by atoms with Gasteiger partial charge in [-0.2, -0.15) is 0 Å². The summed E-state index contributed by atoms with van der Waals surface area (Å²) in [6.07, 6.45) is 3.25. The van der Waals surface area contributed by atoms with Crippen LogP contribution in [0.3, 0.4) is 0 Å². The zero-order valence-corrected chi connectivity index (χ0v) is 12.8. The normalized spacial score (nSPS) is 10.7. The lowest BCUT2D eigenvalue weighted by molar-refractivity contribution is -0.128. The molecule has 0 aliphatic rings. The number of carbonyl (C=O) groups is 1. The highest BCUT2D eigenvalue weighted by Gasteiger charge is 2.07. The van der Waals surface area contributed by atoms with Crippen molar-refractivity contribution in [1.82, 2.24) is 15.2 Å². The van der Waals surface area contributed by atoms with E-state index in [1.54, 1.807) is 25.2 Å². The number of carbonyl (C=O) groups excluding carboxylic acids is 1. The van der Waals surface area contributed by atoms with Crippen LogP contribution in [0.4, 0.5) is 0 Å². The number of ether oxygens (including phenoxy) is 1. The Morgan fingerprint density at radius 1 is 1.45 bits per heavy atom. The number of pyridine rings is 1. The molecule has 1 aromatic rings. The first kappa shape index (κ1) is 16.4. The number of aromatic nitrogens is 1. The minimum atomic E-state index is 0.112. The molecule has 0 fully saturated rings. The van der Waals surface area contributed by atoms with E-state index in [1.807, 2.05) is 26.0 Å². The summed E-state index contributed by atoms with van der Waals surface area (Å²) in [4.78, 5) is 17.3. The van der Waals surface area contributed by atoms with Crippen LogP contribution in [0.1, 0.15) is 32.3 Å². The second kappa shape index (κ2) is 8.53. The fourth-order valence-electron chi connectivity index (χ4n) is 1.70. The smallest absolute Gasteiger partial charge is 0.222 e. The lowest BCUT2D eigenvalue weighted by atomic mass is 10.2. The zero-order chi connectivity index (χ0) is 15.0. The van der Waals surface area contributed by atoms with Crippen molar-refractivity contribution in [3.8, 4) is 5.88 Å². The van der Waals surface area contributed by atoms with E-state index in [9.17, 15) is 4.79 Å². The van der Waals surface area contributed by atoms with E-state index >= 15 is 0 Å². The van der Waals surface area contributed by atoms with Crippen molar-refractivity contribution < 1.29 is 9.53 Å². The van der Waals surface area contributed by atoms with Gasteiger partial charge in [0.25, 0.3) is 0 Å². The van der Waals surface area contributed by atoms with Gasteiger partial charge in [-0.25, -0.2) is 4.98 Å². The molecule has 1 N–H and O–H groups in total. The first-order valence-corrected chi connectivity index (χ1v) is 7.02. The Morgan fingerprint density at radius 2 is 2.20 bits per heavy atom. The van der Waals surface area contributed by atoms with Crippen molar-refractivity contribution in [2.45, 2.75) is 39.3 Å². The van der Waals surface area contributed by atoms with Crippen LogP contribution in [0.2, 0.25) is 0 Å². The van der Waals surface area contributed by atoms with Crippen molar-refractivity contribution in [2.24, 2.45) is 0 Å². The summed E-state index contributed by atoms with van der Waals surface area (Å²) in [5.74, 6) is 0.844. The predicted octanol–water partition coefficient (Wildman–Crippen LogP) is 1.83. The van der Waals surface area contributed by atoms with Gasteiger partial charge in [-0.15, -0.1) is 0 Å². The average molecular weight is 279 g/mol. The molecule has 112 valence electrons. The van der Waals surface area contributed by atoms with Crippen molar-refractivity contribution in [3.63, 3.8) is 0 Å². The fourth-order valence-corrected chi connectivity index (χ4v) is 1.70. The standard InChI is InChI=1S/C15H25N3O2/c1-12(2)20-15-13(7-5-10-17-15)11-16-9-6-8-14(19)18(3)4/h5,7,10,12,16H,6,8-9,11H2,1-4H3. The van der Waals surface area contributed by atoms with E-state index in [1.165, 1.54) is 0 Å². The lowest BCUT2D eigenvalue weighted by Gasteiger charge is -2.13. The van der Waals surface area contributed by atoms with Crippen LogP contribution in [-0.2, 0) is 11.3 Å². The summed E-state index contributed by atoms with van der Waals surface area (Å²) in [6, 6.07) is 3.91. The number of hydrogen-bond acceptors (Lipinski definition) is 4. The van der Waals surface area contributed by atoms with Gasteiger partial charge < -0.3 is 15.0 Å². The van der Waals surface area contributed by atoms with Gasteiger partial charge in [-0.3, -0.25) is 4.79 Å². The molecule has 0 unspecified atom stereocenters. The van der Waals surface area contributed by atoms with Gasteiger partial charge in [0.05, 0.1) is 6.10 Å². The maximum absolute atomic E-state index is 11.4. The van der Waals surface area contributed by atoms with E-state index in [0.29, 0.717) is 18.8 Å². The van der Waals surface area contributed by atoms with Gasteiger partial charge in [0, 0.05) is 38.8 Å². The van der Waals surface area contributed by atoms with Crippen LogP contribution in [0, 0.1) is 0 Å². The van der Waals surface area contributed by atoms with Crippen LogP contribution in [0.25, 0.3) is 0 Å². The molecular formula is C15H25N3O2. The maximum Gasteiger partial charge on any atom is 0.222 e. The number of amides is 1. The second-order valence-electron chi connectivity index (χ2n) is 5.20. The molecule has 1 amide bonds. The number of hydrogen-bond donors (Lipinski definition) is 1. The lowest BCUT2D eigenvalue weighted by Crippen LogP contribution is -2.23. The van der Waals surface area contributed by atoms with Gasteiger partial charge in [0.15, 0.2) is 0 Å². The van der Waals surface area contributed by atoms with Crippen molar-refractivity contribution >= 4 is 5.91 Å². The highest BCUT2D eigenvalue weighted by atomic mass is 16.5. The summed E-state index contributed by atoms with van der Waals surface area (Å²) in [5.41, 5.74) is 1.04. The Morgan fingerprint density at radius 3 is 2.85 bits per heavy atom. The van der Waals surface area contributed by atoms with Crippen molar-refractivity contribution in [3.05, 3.63) is 23.9 Å². The minimum absolute atomic E-state index is 0.112. The molecule has 1 aromatic heterocycles. The summed E-state index contributed by atoms with van der Waals surface area (Å²) >= 11 is 0. The molecule has 1 rings (SSSR count). The molecule has 0 spiro atoms. The van der Waals surface area contributed by atoms with E-state index < -0.39 is 0 Å². The highest BCUT2D eigenvalue weighted by Crippen LogP contribution is 2.15. The molecule has 5 heteroatoms. The summed E-state index contributed by atoms with van der Waals surface area (Å²) < 4.78 is 5.66. The average Bonchev–Trinajstić information content (AvgIpc) is 2.39. The third-order valence-electron chi connectivity index (χ3n) is 2.76. The zero-order valence-electron chi connectivity index (χ0n) is 12.8. The van der Waals surface area contributed by atoms with Crippen molar-refractivity contribution in [2.75, 3.05) is 20.6 Å². The minimum Gasteiger partial charge on any atom is -0.475 e. The maximum atomic E-state index is 11.4. The van der Waals surface area contributed by atoms with Crippen LogP contribution < -0.4 is 10.1 Å². The van der Waals surface area contributed by atoms with Gasteiger partial charge >= 0.3 is 0 Å². The quantitative estimate of drug-likeness (QED) is 0.738. The van der Waals surface area contributed by atoms with Crippen LogP contribution in [0.15, 0.2) is 18.3 Å². The molecule has 20 heavy (non-hydrogen) atoms. The van der Waals surface area contributed by atoms with E-state index in [4.69, 9.17) is 4.74 Å². The first-order chi connectivity index (χ1) is 9.50. The van der Waals surface area contributed by atoms with E-state index in [0.717, 1.165) is 18.5 Å². The van der Waals surface area contributed by atoms with Gasteiger partial charge in [-0.1, -0.05) is 6.07 Å². The van der Waals surface area contributed by atoms with Crippen LogP contribution in [-0.4, -0.2) is 42.5 Å². The molecule has 0 aromatic carbocycles. The van der Waals surface area contributed by atoms with Crippen LogP contribution in [0.5, 0.6) is 5.88 Å². The molecule has 0 saturated heterocycles. The van der Waals surface area contributed by atoms with Gasteiger partial charge in [-0.05, 0) is 32.9 Å². The summed E-state index contributed by atoms with van der Waals surface area (Å²) in [7, 11) is 3.56. The molecule has 0 bridgehead atoms. The Balaban J connectivity index is 2.33. The molecule has 0 atom stereocenters. The molecule has 0 saturated carbocycles. The molecule has 0 radical (unpaired) electrons. The molecule has 0 aliphatic carbocycles.